The van der Waals surface area contributed by atoms with Gasteiger partial charge in [0.05, 0.1) is 6.54 Å². The molecule has 2 heterocycles. The predicted molar refractivity (Wildman–Crippen MR) is 122 cm³/mol. The summed E-state index contributed by atoms with van der Waals surface area (Å²) in [6.45, 7) is 11.0. The SMILES string of the molecule is O=C(CN1CCCN(CC2CCCCC2)CC1)N1CCN(Cc2ccccc2)CC1. The second-order valence-corrected chi connectivity index (χ2v) is 9.58. The molecule has 0 aromatic heterocycles. The molecule has 0 N–H and O–H groups in total. The maximum absolute atomic E-state index is 12.9. The lowest BCUT2D eigenvalue weighted by molar-refractivity contribution is -0.134. The van der Waals surface area contributed by atoms with E-state index in [0.717, 1.165) is 58.3 Å². The largest absolute Gasteiger partial charge is 0.339 e. The summed E-state index contributed by atoms with van der Waals surface area (Å²) in [5.74, 6) is 1.24. The first-order valence-corrected chi connectivity index (χ1v) is 12.2. The lowest BCUT2D eigenvalue weighted by Gasteiger charge is -2.35. The van der Waals surface area contributed by atoms with Crippen LogP contribution in [0, 0.1) is 5.92 Å². The van der Waals surface area contributed by atoms with Gasteiger partial charge in [0.1, 0.15) is 0 Å². The van der Waals surface area contributed by atoms with Crippen LogP contribution >= 0.6 is 0 Å². The third-order valence-electron chi connectivity index (χ3n) is 7.26. The fourth-order valence-electron chi connectivity index (χ4n) is 5.39. The predicted octanol–water partition coefficient (Wildman–Crippen LogP) is 2.92. The van der Waals surface area contributed by atoms with Gasteiger partial charge in [-0.1, -0.05) is 49.6 Å². The Labute approximate surface area is 183 Å². The van der Waals surface area contributed by atoms with Crippen molar-refractivity contribution in [3.05, 3.63) is 35.9 Å². The first kappa shape index (κ1) is 21.8. The Morgan fingerprint density at radius 1 is 0.733 bits per heavy atom. The van der Waals surface area contributed by atoms with E-state index in [0.29, 0.717) is 12.5 Å². The van der Waals surface area contributed by atoms with Crippen LogP contribution in [0.2, 0.25) is 0 Å². The van der Waals surface area contributed by atoms with Gasteiger partial charge in [0, 0.05) is 52.4 Å². The first-order valence-electron chi connectivity index (χ1n) is 12.2. The summed E-state index contributed by atoms with van der Waals surface area (Å²) in [6.07, 6.45) is 8.34. The van der Waals surface area contributed by atoms with E-state index in [-0.39, 0.29) is 0 Å². The highest BCUT2D eigenvalue weighted by molar-refractivity contribution is 5.78. The lowest BCUT2D eigenvalue weighted by atomic mass is 9.89. The molecule has 0 spiro atoms. The van der Waals surface area contributed by atoms with Crippen molar-refractivity contribution in [1.82, 2.24) is 19.6 Å². The Balaban J connectivity index is 1.16. The zero-order valence-electron chi connectivity index (χ0n) is 18.7. The molecule has 1 aliphatic carbocycles. The molecule has 0 unspecified atom stereocenters. The molecular formula is C25H40N4O. The highest BCUT2D eigenvalue weighted by Gasteiger charge is 2.25. The van der Waals surface area contributed by atoms with Crippen molar-refractivity contribution >= 4 is 5.91 Å². The molecule has 1 saturated carbocycles. The van der Waals surface area contributed by atoms with Crippen molar-refractivity contribution < 1.29 is 4.79 Å². The molecule has 0 bridgehead atoms. The maximum atomic E-state index is 12.9. The summed E-state index contributed by atoms with van der Waals surface area (Å²) in [7, 11) is 0. The monoisotopic (exact) mass is 412 g/mol. The fraction of sp³-hybridized carbons (Fsp3) is 0.720. The number of amides is 1. The van der Waals surface area contributed by atoms with Gasteiger partial charge in [-0.05, 0) is 43.8 Å². The number of hydrogen-bond donors (Lipinski definition) is 0. The van der Waals surface area contributed by atoms with Crippen LogP contribution in [0.25, 0.3) is 0 Å². The summed E-state index contributed by atoms with van der Waals surface area (Å²) in [5.41, 5.74) is 1.36. The molecule has 166 valence electrons. The molecule has 5 nitrogen and oxygen atoms in total. The molecule has 3 fully saturated rings. The molecule has 30 heavy (non-hydrogen) atoms. The summed E-state index contributed by atoms with van der Waals surface area (Å²) in [4.78, 5) is 22.5. The van der Waals surface area contributed by atoms with Crippen LogP contribution in [0.15, 0.2) is 30.3 Å². The van der Waals surface area contributed by atoms with Crippen LogP contribution in [0.4, 0.5) is 0 Å². The third kappa shape index (κ3) is 6.53. The molecule has 2 aliphatic heterocycles. The van der Waals surface area contributed by atoms with Crippen molar-refractivity contribution in [3.8, 4) is 0 Å². The van der Waals surface area contributed by atoms with Crippen molar-refractivity contribution in [2.24, 2.45) is 5.92 Å². The highest BCUT2D eigenvalue weighted by atomic mass is 16.2. The minimum absolute atomic E-state index is 0.329. The van der Waals surface area contributed by atoms with Crippen LogP contribution in [-0.4, -0.2) is 91.0 Å². The van der Waals surface area contributed by atoms with Crippen LogP contribution in [0.5, 0.6) is 0 Å². The first-order chi connectivity index (χ1) is 14.8. The number of carbonyl (C=O) groups is 1. The fourth-order valence-corrected chi connectivity index (χ4v) is 5.39. The van der Waals surface area contributed by atoms with Gasteiger partial charge in [0.15, 0.2) is 0 Å². The van der Waals surface area contributed by atoms with Gasteiger partial charge in [-0.15, -0.1) is 0 Å². The van der Waals surface area contributed by atoms with E-state index >= 15 is 0 Å². The van der Waals surface area contributed by atoms with Gasteiger partial charge in [-0.3, -0.25) is 14.6 Å². The molecule has 1 amide bonds. The van der Waals surface area contributed by atoms with Crippen LogP contribution < -0.4 is 0 Å². The van der Waals surface area contributed by atoms with Gasteiger partial charge in [-0.2, -0.15) is 0 Å². The summed E-state index contributed by atoms with van der Waals surface area (Å²) in [6, 6.07) is 10.7. The van der Waals surface area contributed by atoms with E-state index in [9.17, 15) is 4.79 Å². The number of piperazine rings is 1. The van der Waals surface area contributed by atoms with E-state index in [4.69, 9.17) is 0 Å². The minimum atomic E-state index is 0.329. The van der Waals surface area contributed by atoms with Crippen LogP contribution in [0.3, 0.4) is 0 Å². The minimum Gasteiger partial charge on any atom is -0.339 e. The van der Waals surface area contributed by atoms with Gasteiger partial charge in [-0.25, -0.2) is 0 Å². The van der Waals surface area contributed by atoms with Crippen molar-refractivity contribution in [2.75, 3.05) is 65.4 Å². The second-order valence-electron chi connectivity index (χ2n) is 9.58. The van der Waals surface area contributed by atoms with E-state index in [1.54, 1.807) is 0 Å². The third-order valence-corrected chi connectivity index (χ3v) is 7.26. The molecule has 0 atom stereocenters. The normalized spacial score (nSPS) is 23.4. The average molecular weight is 413 g/mol. The van der Waals surface area contributed by atoms with Crippen molar-refractivity contribution in [1.29, 1.82) is 0 Å². The van der Waals surface area contributed by atoms with Gasteiger partial charge in [0.2, 0.25) is 5.91 Å². The molecule has 4 rings (SSSR count). The van der Waals surface area contributed by atoms with Gasteiger partial charge in [0.25, 0.3) is 0 Å². The molecule has 2 saturated heterocycles. The highest BCUT2D eigenvalue weighted by Crippen LogP contribution is 2.24. The topological polar surface area (TPSA) is 30.0 Å². The molecule has 5 heteroatoms. The Kier molecular flexibility index (Phi) is 8.18. The Hall–Kier alpha value is -1.43. The maximum Gasteiger partial charge on any atom is 0.236 e. The van der Waals surface area contributed by atoms with E-state index < -0.39 is 0 Å². The van der Waals surface area contributed by atoms with Crippen LogP contribution in [0.1, 0.15) is 44.1 Å². The Bertz CT molecular complexity index is 638. The number of benzene rings is 1. The number of rotatable bonds is 6. The van der Waals surface area contributed by atoms with Gasteiger partial charge < -0.3 is 9.80 Å². The lowest BCUT2D eigenvalue weighted by Crippen LogP contribution is -2.51. The smallest absolute Gasteiger partial charge is 0.236 e. The average Bonchev–Trinajstić information content (AvgIpc) is 3.01. The summed E-state index contributed by atoms with van der Waals surface area (Å²) < 4.78 is 0. The number of hydrogen-bond acceptors (Lipinski definition) is 4. The molecule has 1 aromatic carbocycles. The molecule has 0 radical (unpaired) electrons. The Morgan fingerprint density at radius 2 is 1.40 bits per heavy atom. The Morgan fingerprint density at radius 3 is 2.17 bits per heavy atom. The summed E-state index contributed by atoms with van der Waals surface area (Å²) in [5, 5.41) is 0. The number of carbonyl (C=O) groups excluding carboxylic acids is 1. The molecule has 3 aliphatic rings. The molecule has 1 aromatic rings. The zero-order chi connectivity index (χ0) is 20.6. The standard InChI is InChI=1S/C25H40N4O/c30-25(29-18-16-28(17-19-29)21-24-10-5-2-6-11-24)22-27-13-7-12-26(14-15-27)20-23-8-3-1-4-9-23/h2,5-6,10-11,23H,1,3-4,7-9,12-22H2. The van der Waals surface area contributed by atoms with Gasteiger partial charge >= 0.3 is 0 Å². The molecular weight excluding hydrogens is 372 g/mol. The zero-order valence-corrected chi connectivity index (χ0v) is 18.7. The quantitative estimate of drug-likeness (QED) is 0.719. The van der Waals surface area contributed by atoms with E-state index in [2.05, 4.69) is 49.9 Å². The second kappa shape index (κ2) is 11.3. The van der Waals surface area contributed by atoms with E-state index in [1.165, 1.54) is 57.2 Å². The summed E-state index contributed by atoms with van der Waals surface area (Å²) >= 11 is 0. The van der Waals surface area contributed by atoms with Crippen molar-refractivity contribution in [3.63, 3.8) is 0 Å². The number of nitrogens with zero attached hydrogens (tertiary/aromatic N) is 4. The van der Waals surface area contributed by atoms with E-state index in [1.807, 2.05) is 0 Å². The van der Waals surface area contributed by atoms with Crippen LogP contribution in [-0.2, 0) is 11.3 Å². The van der Waals surface area contributed by atoms with Crippen molar-refractivity contribution in [2.45, 2.75) is 45.1 Å².